The van der Waals surface area contributed by atoms with Crippen LogP contribution in [0.5, 0.6) is 0 Å². The van der Waals surface area contributed by atoms with Crippen molar-refractivity contribution in [1.82, 2.24) is 10.2 Å². The van der Waals surface area contributed by atoms with Crippen LogP contribution >= 0.6 is 0 Å². The fourth-order valence-electron chi connectivity index (χ4n) is 3.40. The molecule has 0 aliphatic carbocycles. The third-order valence-corrected chi connectivity index (χ3v) is 4.82. The Morgan fingerprint density at radius 1 is 1.29 bits per heavy atom. The third kappa shape index (κ3) is 2.70. The van der Waals surface area contributed by atoms with E-state index in [9.17, 15) is 23.1 Å². The van der Waals surface area contributed by atoms with Crippen LogP contribution in [0.4, 0.5) is 18.0 Å². The maximum atomic E-state index is 12.7. The molecule has 2 bridgehead atoms. The number of rotatable bonds is 1. The summed E-state index contributed by atoms with van der Waals surface area (Å²) in [5, 5.41) is 12.4. The number of urea groups is 1. The number of hydrogen-bond donors (Lipinski definition) is 2. The molecule has 3 heterocycles. The Balaban J connectivity index is 1.51. The van der Waals surface area contributed by atoms with Gasteiger partial charge in [-0.2, -0.15) is 13.2 Å². The molecule has 8 heteroatoms. The molecule has 0 aromatic carbocycles. The predicted octanol–water partition coefficient (Wildman–Crippen LogP) is 1.41. The standard InChI is InChI=1S/C13H19F3N2O3/c14-13(15,16)12(20)3-5-18(6-4-12)11(19)17-9-7-8-1-2-10(9)21-8/h8-10,20H,1-7H2,(H,17,19). The average Bonchev–Trinajstić information content (AvgIpc) is 3.00. The molecule has 0 saturated carbocycles. The lowest BCUT2D eigenvalue weighted by atomic mass is 9.91. The highest BCUT2D eigenvalue weighted by atomic mass is 19.4. The number of carbonyl (C=O) groups is 1. The zero-order valence-electron chi connectivity index (χ0n) is 11.5. The second kappa shape index (κ2) is 5.01. The van der Waals surface area contributed by atoms with Gasteiger partial charge < -0.3 is 20.1 Å². The van der Waals surface area contributed by atoms with Crippen LogP contribution in [0.2, 0.25) is 0 Å². The molecule has 3 aliphatic heterocycles. The van der Waals surface area contributed by atoms with Crippen molar-refractivity contribution in [3.05, 3.63) is 0 Å². The van der Waals surface area contributed by atoms with E-state index in [-0.39, 0.29) is 37.4 Å². The van der Waals surface area contributed by atoms with Crippen molar-refractivity contribution in [2.45, 2.75) is 62.1 Å². The number of nitrogens with zero attached hydrogens (tertiary/aromatic N) is 1. The van der Waals surface area contributed by atoms with Crippen LogP contribution in [-0.4, -0.2) is 59.2 Å². The molecule has 3 aliphatic rings. The van der Waals surface area contributed by atoms with Gasteiger partial charge in [0.15, 0.2) is 5.60 Å². The Morgan fingerprint density at radius 2 is 1.95 bits per heavy atom. The monoisotopic (exact) mass is 308 g/mol. The lowest BCUT2D eigenvalue weighted by Gasteiger charge is -2.39. The van der Waals surface area contributed by atoms with Crippen LogP contribution in [0.3, 0.4) is 0 Å². The lowest BCUT2D eigenvalue weighted by molar-refractivity contribution is -0.271. The van der Waals surface area contributed by atoms with Crippen LogP contribution in [0.1, 0.15) is 32.1 Å². The van der Waals surface area contributed by atoms with Gasteiger partial charge in [0, 0.05) is 25.9 Å². The summed E-state index contributed by atoms with van der Waals surface area (Å²) in [7, 11) is 0. The zero-order valence-corrected chi connectivity index (χ0v) is 11.5. The molecule has 2 N–H and O–H groups in total. The molecule has 5 nitrogen and oxygen atoms in total. The van der Waals surface area contributed by atoms with Crippen molar-refractivity contribution < 1.29 is 27.8 Å². The van der Waals surface area contributed by atoms with Gasteiger partial charge >= 0.3 is 12.2 Å². The van der Waals surface area contributed by atoms with Crippen LogP contribution in [-0.2, 0) is 4.74 Å². The Bertz CT molecular complexity index is 421. The largest absolute Gasteiger partial charge is 0.417 e. The Hall–Kier alpha value is -1.02. The van der Waals surface area contributed by atoms with Crippen molar-refractivity contribution >= 4 is 6.03 Å². The first kappa shape index (κ1) is 14.9. The SMILES string of the molecule is O=C(NC1CC2CCC1O2)N1CCC(O)(C(F)(F)F)CC1. The van der Waals surface area contributed by atoms with Crippen molar-refractivity contribution in [2.75, 3.05) is 13.1 Å². The third-order valence-electron chi connectivity index (χ3n) is 4.82. The number of ether oxygens (including phenoxy) is 1. The number of aliphatic hydroxyl groups is 1. The molecule has 2 amide bonds. The first-order valence-corrected chi connectivity index (χ1v) is 7.28. The first-order valence-electron chi connectivity index (χ1n) is 7.28. The minimum absolute atomic E-state index is 0.0378. The Morgan fingerprint density at radius 3 is 2.43 bits per heavy atom. The highest BCUT2D eigenvalue weighted by Crippen LogP contribution is 2.38. The van der Waals surface area contributed by atoms with Crippen molar-refractivity contribution in [2.24, 2.45) is 0 Å². The maximum Gasteiger partial charge on any atom is 0.417 e. The van der Waals surface area contributed by atoms with Crippen LogP contribution in [0.15, 0.2) is 0 Å². The molecule has 120 valence electrons. The summed E-state index contributed by atoms with van der Waals surface area (Å²) < 4.78 is 43.7. The van der Waals surface area contributed by atoms with E-state index in [0.717, 1.165) is 19.3 Å². The molecule has 21 heavy (non-hydrogen) atoms. The highest BCUT2D eigenvalue weighted by molar-refractivity contribution is 5.74. The minimum Gasteiger partial charge on any atom is -0.380 e. The first-order chi connectivity index (χ1) is 9.78. The second-order valence-electron chi connectivity index (χ2n) is 6.18. The topological polar surface area (TPSA) is 61.8 Å². The van der Waals surface area contributed by atoms with Gasteiger partial charge in [0.1, 0.15) is 0 Å². The van der Waals surface area contributed by atoms with Gasteiger partial charge in [-0.3, -0.25) is 0 Å². The summed E-state index contributed by atoms with van der Waals surface area (Å²) in [5.74, 6) is 0. The fraction of sp³-hybridized carbons (Fsp3) is 0.923. The van der Waals surface area contributed by atoms with E-state index in [1.165, 1.54) is 4.90 Å². The summed E-state index contributed by atoms with van der Waals surface area (Å²) >= 11 is 0. The summed E-state index contributed by atoms with van der Waals surface area (Å²) in [5.41, 5.74) is -2.67. The van der Waals surface area contributed by atoms with Crippen LogP contribution in [0.25, 0.3) is 0 Å². The van der Waals surface area contributed by atoms with Gasteiger partial charge in [-0.25, -0.2) is 4.79 Å². The van der Waals surface area contributed by atoms with E-state index in [1.54, 1.807) is 0 Å². The number of fused-ring (bicyclic) bond motifs is 2. The molecule has 0 aromatic rings. The maximum absolute atomic E-state index is 12.7. The van der Waals surface area contributed by atoms with Crippen molar-refractivity contribution in [1.29, 1.82) is 0 Å². The summed E-state index contributed by atoms with van der Waals surface area (Å²) in [4.78, 5) is 13.4. The van der Waals surface area contributed by atoms with Gasteiger partial charge in [0.2, 0.25) is 0 Å². The second-order valence-corrected chi connectivity index (χ2v) is 6.18. The number of carbonyl (C=O) groups excluding carboxylic acids is 1. The molecule has 3 unspecified atom stereocenters. The van der Waals surface area contributed by atoms with Crippen molar-refractivity contribution in [3.63, 3.8) is 0 Å². The molecule has 0 spiro atoms. The van der Waals surface area contributed by atoms with E-state index >= 15 is 0 Å². The molecule has 3 rings (SSSR count). The number of halogens is 3. The summed E-state index contributed by atoms with van der Waals surface area (Å²) in [6, 6.07) is -0.403. The molecular formula is C13H19F3N2O3. The molecule has 0 radical (unpaired) electrons. The Labute approximate surface area is 120 Å². The molecule has 3 saturated heterocycles. The molecular weight excluding hydrogens is 289 g/mol. The fourth-order valence-corrected chi connectivity index (χ4v) is 3.40. The van der Waals surface area contributed by atoms with Gasteiger partial charge in [-0.15, -0.1) is 0 Å². The highest BCUT2D eigenvalue weighted by Gasteiger charge is 2.55. The molecule has 0 aromatic heterocycles. The number of piperidine rings is 1. The van der Waals surface area contributed by atoms with E-state index in [1.807, 2.05) is 0 Å². The molecule has 3 fully saturated rings. The lowest BCUT2D eigenvalue weighted by Crippen LogP contribution is -2.57. The van der Waals surface area contributed by atoms with E-state index in [0.29, 0.717) is 0 Å². The van der Waals surface area contributed by atoms with E-state index in [4.69, 9.17) is 4.74 Å². The number of nitrogens with one attached hydrogen (secondary N) is 1. The van der Waals surface area contributed by atoms with Gasteiger partial charge in [0.25, 0.3) is 0 Å². The normalized spacial score (nSPS) is 35.0. The number of likely N-dealkylation sites (tertiary alicyclic amines) is 1. The number of alkyl halides is 3. The van der Waals surface area contributed by atoms with Crippen LogP contribution < -0.4 is 5.32 Å². The number of amides is 2. The average molecular weight is 308 g/mol. The zero-order chi connectivity index (χ0) is 15.3. The van der Waals surface area contributed by atoms with E-state index < -0.39 is 24.6 Å². The number of hydrogen-bond acceptors (Lipinski definition) is 3. The summed E-state index contributed by atoms with van der Waals surface area (Å²) in [6.07, 6.45) is -2.64. The van der Waals surface area contributed by atoms with E-state index in [2.05, 4.69) is 5.32 Å². The van der Waals surface area contributed by atoms with Gasteiger partial charge in [0.05, 0.1) is 18.2 Å². The Kier molecular flexibility index (Phi) is 3.56. The predicted molar refractivity (Wildman–Crippen MR) is 66.6 cm³/mol. The smallest absolute Gasteiger partial charge is 0.380 e. The quantitative estimate of drug-likeness (QED) is 0.770. The van der Waals surface area contributed by atoms with Crippen LogP contribution in [0, 0.1) is 0 Å². The minimum atomic E-state index is -4.64. The molecule has 3 atom stereocenters. The van der Waals surface area contributed by atoms with Crippen molar-refractivity contribution in [3.8, 4) is 0 Å². The summed E-state index contributed by atoms with van der Waals surface area (Å²) in [6.45, 7) is -0.187. The van der Waals surface area contributed by atoms with Gasteiger partial charge in [-0.1, -0.05) is 0 Å². The van der Waals surface area contributed by atoms with Gasteiger partial charge in [-0.05, 0) is 19.3 Å².